The summed E-state index contributed by atoms with van der Waals surface area (Å²) in [6.07, 6.45) is 9.00. The first kappa shape index (κ1) is 15.3. The van der Waals surface area contributed by atoms with Crippen LogP contribution >= 0.6 is 34.8 Å². The van der Waals surface area contributed by atoms with Crippen molar-refractivity contribution in [2.45, 2.75) is 42.8 Å². The molecule has 1 saturated carbocycles. The Morgan fingerprint density at radius 1 is 0.750 bits per heavy atom. The van der Waals surface area contributed by atoms with E-state index in [1.165, 1.54) is 38.5 Å². The van der Waals surface area contributed by atoms with Gasteiger partial charge in [0.05, 0.1) is 0 Å². The lowest BCUT2D eigenvalue weighted by molar-refractivity contribution is 0.399. The average Bonchev–Trinajstić information content (AvgIpc) is 2.10. The summed E-state index contributed by atoms with van der Waals surface area (Å²) in [6, 6.07) is 0. The molecule has 0 saturated heterocycles. The summed E-state index contributed by atoms with van der Waals surface area (Å²) in [5, 5.41) is 7.00. The maximum Gasteiger partial charge on any atom is 0.180 e. The number of aliphatic hydroxyl groups excluding tert-OH is 1. The van der Waals surface area contributed by atoms with Gasteiger partial charge in [-0.2, -0.15) is 0 Å². The Bertz CT molecular complexity index is 51.1. The van der Waals surface area contributed by atoms with Gasteiger partial charge >= 0.3 is 0 Å². The number of hydrogen-bond donors (Lipinski definition) is 1. The number of hydrogen-bond acceptors (Lipinski definition) is 1. The second-order valence-corrected chi connectivity index (χ2v) is 4.35. The SMILES string of the molecule is C1CCCCC1.CO.ClC(Cl)Cl. The topological polar surface area (TPSA) is 20.2 Å². The molecule has 1 aliphatic rings. The van der Waals surface area contributed by atoms with E-state index in [0.29, 0.717) is 0 Å². The van der Waals surface area contributed by atoms with Gasteiger partial charge in [-0.3, -0.25) is 0 Å². The van der Waals surface area contributed by atoms with E-state index in [-0.39, 0.29) is 0 Å². The Morgan fingerprint density at radius 2 is 0.833 bits per heavy atom. The molecule has 0 atom stereocenters. The van der Waals surface area contributed by atoms with Gasteiger partial charge in [0, 0.05) is 7.11 Å². The molecule has 1 fully saturated rings. The molecule has 1 N–H and O–H groups in total. The molecular formula is C8H17Cl3O. The molecule has 0 aliphatic heterocycles. The van der Waals surface area contributed by atoms with E-state index in [1.54, 1.807) is 0 Å². The van der Waals surface area contributed by atoms with Crippen molar-refractivity contribution in [2.75, 3.05) is 7.11 Å². The van der Waals surface area contributed by atoms with Crippen LogP contribution in [-0.2, 0) is 0 Å². The predicted molar refractivity (Wildman–Crippen MR) is 57.2 cm³/mol. The molecule has 0 amide bonds. The quantitative estimate of drug-likeness (QED) is 0.631. The van der Waals surface area contributed by atoms with E-state index in [9.17, 15) is 0 Å². The third kappa shape index (κ3) is 22.4. The largest absolute Gasteiger partial charge is 0.400 e. The summed E-state index contributed by atoms with van der Waals surface area (Å²) < 4.78 is -0.750. The fraction of sp³-hybridized carbons (Fsp3) is 1.00. The Labute approximate surface area is 90.0 Å². The molecule has 0 heterocycles. The minimum absolute atomic E-state index is 0.750. The van der Waals surface area contributed by atoms with Gasteiger partial charge in [0.2, 0.25) is 0 Å². The van der Waals surface area contributed by atoms with Crippen LogP contribution in [0.2, 0.25) is 0 Å². The van der Waals surface area contributed by atoms with Crippen LogP contribution in [0, 0.1) is 0 Å². The highest BCUT2D eigenvalue weighted by Crippen LogP contribution is 2.15. The second-order valence-electron chi connectivity index (χ2n) is 2.37. The van der Waals surface area contributed by atoms with Crippen LogP contribution in [0.3, 0.4) is 0 Å². The normalized spacial score (nSPS) is 15.5. The van der Waals surface area contributed by atoms with Crippen molar-refractivity contribution in [2.24, 2.45) is 0 Å². The van der Waals surface area contributed by atoms with Gasteiger partial charge in [0.1, 0.15) is 0 Å². The molecule has 12 heavy (non-hydrogen) atoms. The Kier molecular flexibility index (Phi) is 18.3. The average molecular weight is 236 g/mol. The van der Waals surface area contributed by atoms with Crippen LogP contribution in [0.1, 0.15) is 38.5 Å². The third-order valence-electron chi connectivity index (χ3n) is 1.50. The van der Waals surface area contributed by atoms with Crippen LogP contribution in [-0.4, -0.2) is 16.5 Å². The summed E-state index contributed by atoms with van der Waals surface area (Å²) in [5.74, 6) is 0. The molecule has 1 rings (SSSR count). The smallest absolute Gasteiger partial charge is 0.180 e. The highest BCUT2D eigenvalue weighted by atomic mass is 35.6. The molecule has 0 bridgehead atoms. The molecule has 0 spiro atoms. The molecule has 4 heteroatoms. The summed E-state index contributed by atoms with van der Waals surface area (Å²) in [6.45, 7) is 0. The molecule has 1 aliphatic carbocycles. The maximum atomic E-state index is 7.00. The van der Waals surface area contributed by atoms with Crippen molar-refractivity contribution in [1.29, 1.82) is 0 Å². The third-order valence-corrected chi connectivity index (χ3v) is 1.50. The summed E-state index contributed by atoms with van der Waals surface area (Å²) in [4.78, 5) is 0. The van der Waals surface area contributed by atoms with Gasteiger partial charge in [-0.15, -0.1) is 0 Å². The van der Waals surface area contributed by atoms with Gasteiger partial charge in [0.25, 0.3) is 0 Å². The monoisotopic (exact) mass is 234 g/mol. The van der Waals surface area contributed by atoms with Crippen LogP contribution in [0.4, 0.5) is 0 Å². The lowest BCUT2D eigenvalue weighted by Crippen LogP contribution is -1.85. The lowest BCUT2D eigenvalue weighted by Gasteiger charge is -2.05. The van der Waals surface area contributed by atoms with Crippen LogP contribution < -0.4 is 0 Å². The maximum absolute atomic E-state index is 7.00. The molecule has 0 aromatic carbocycles. The molecule has 0 radical (unpaired) electrons. The van der Waals surface area contributed by atoms with Crippen molar-refractivity contribution >= 4 is 34.8 Å². The van der Waals surface area contributed by atoms with Crippen molar-refractivity contribution in [1.82, 2.24) is 0 Å². The summed E-state index contributed by atoms with van der Waals surface area (Å²) in [5.41, 5.74) is 0. The zero-order chi connectivity index (χ0) is 9.82. The highest BCUT2D eigenvalue weighted by molar-refractivity contribution is 6.63. The summed E-state index contributed by atoms with van der Waals surface area (Å²) >= 11 is 14.4. The van der Waals surface area contributed by atoms with Gasteiger partial charge in [-0.25, -0.2) is 0 Å². The van der Waals surface area contributed by atoms with E-state index < -0.39 is 4.30 Å². The Hall–Kier alpha value is 0.830. The fourth-order valence-electron chi connectivity index (χ4n) is 1.06. The van der Waals surface area contributed by atoms with Crippen LogP contribution in [0.5, 0.6) is 0 Å². The molecule has 1 nitrogen and oxygen atoms in total. The molecule has 76 valence electrons. The molecule has 0 aromatic rings. The van der Waals surface area contributed by atoms with E-state index in [2.05, 4.69) is 0 Å². The number of alkyl halides is 3. The number of aliphatic hydroxyl groups is 1. The van der Waals surface area contributed by atoms with Gasteiger partial charge in [-0.05, 0) is 0 Å². The molecule has 0 unspecified atom stereocenters. The minimum Gasteiger partial charge on any atom is -0.400 e. The van der Waals surface area contributed by atoms with E-state index in [1.807, 2.05) is 0 Å². The first-order valence-electron chi connectivity index (χ1n) is 4.10. The van der Waals surface area contributed by atoms with Crippen molar-refractivity contribution in [3.63, 3.8) is 0 Å². The first-order chi connectivity index (χ1) is 5.73. The molecule has 0 aromatic heterocycles. The van der Waals surface area contributed by atoms with Crippen molar-refractivity contribution < 1.29 is 5.11 Å². The van der Waals surface area contributed by atoms with Crippen LogP contribution in [0.25, 0.3) is 0 Å². The number of halogens is 3. The standard InChI is InChI=1S/C6H12.CHCl3.CH4O/c1-2-4-6-5-3-1;2-1(3)4;1-2/h1-6H2;1H;2H,1H3. The Balaban J connectivity index is 0. The number of rotatable bonds is 0. The Morgan fingerprint density at radius 3 is 0.917 bits per heavy atom. The highest BCUT2D eigenvalue weighted by Gasteiger charge is 1.95. The molecular weight excluding hydrogens is 218 g/mol. The van der Waals surface area contributed by atoms with Gasteiger partial charge < -0.3 is 5.11 Å². The second kappa shape index (κ2) is 14.4. The van der Waals surface area contributed by atoms with E-state index in [4.69, 9.17) is 39.9 Å². The zero-order valence-corrected chi connectivity index (χ0v) is 9.67. The lowest BCUT2D eigenvalue weighted by atomic mass is 10.0. The summed E-state index contributed by atoms with van der Waals surface area (Å²) in [7, 11) is 1.00. The van der Waals surface area contributed by atoms with Crippen molar-refractivity contribution in [3.05, 3.63) is 0 Å². The van der Waals surface area contributed by atoms with E-state index >= 15 is 0 Å². The van der Waals surface area contributed by atoms with Gasteiger partial charge in [0.15, 0.2) is 4.30 Å². The zero-order valence-electron chi connectivity index (χ0n) is 7.40. The minimum atomic E-state index is -0.750. The van der Waals surface area contributed by atoms with Crippen LogP contribution in [0.15, 0.2) is 0 Å². The van der Waals surface area contributed by atoms with E-state index in [0.717, 1.165) is 7.11 Å². The first-order valence-corrected chi connectivity index (χ1v) is 5.41. The predicted octanol–water partition coefficient (Wildman–Crippen LogP) is 3.94. The fourth-order valence-corrected chi connectivity index (χ4v) is 1.06. The van der Waals surface area contributed by atoms with Gasteiger partial charge in [-0.1, -0.05) is 73.3 Å². The van der Waals surface area contributed by atoms with Crippen molar-refractivity contribution in [3.8, 4) is 0 Å².